The summed E-state index contributed by atoms with van der Waals surface area (Å²) in [5.41, 5.74) is 1.41. The predicted octanol–water partition coefficient (Wildman–Crippen LogP) is 2.78. The van der Waals surface area contributed by atoms with Gasteiger partial charge in [-0.25, -0.2) is 0 Å². The molecule has 0 radical (unpaired) electrons. The highest BCUT2D eigenvalue weighted by Gasteiger charge is 2.18. The summed E-state index contributed by atoms with van der Waals surface area (Å²) < 4.78 is 0. The van der Waals surface area contributed by atoms with E-state index in [1.54, 1.807) is 6.92 Å². The van der Waals surface area contributed by atoms with Gasteiger partial charge in [-0.2, -0.15) is 0 Å². The summed E-state index contributed by atoms with van der Waals surface area (Å²) >= 11 is 11.7. The second-order valence-electron chi connectivity index (χ2n) is 2.97. The molecule has 0 aliphatic heterocycles. The van der Waals surface area contributed by atoms with Crippen LogP contribution in [0.4, 0.5) is 0 Å². The number of hydrogen-bond donors (Lipinski definition) is 0. The Morgan fingerprint density at radius 3 is 2.43 bits per heavy atom. The average Bonchev–Trinajstić information content (AvgIpc) is 2.19. The van der Waals surface area contributed by atoms with Crippen molar-refractivity contribution in [3.63, 3.8) is 0 Å². The van der Waals surface area contributed by atoms with Gasteiger partial charge in [0.2, 0.25) is 0 Å². The molecular formula is C9H10Cl2N2O. The van der Waals surface area contributed by atoms with E-state index in [1.165, 1.54) is 0 Å². The molecular weight excluding hydrogens is 223 g/mol. The maximum absolute atomic E-state index is 10.8. The van der Waals surface area contributed by atoms with Crippen molar-refractivity contribution in [1.29, 1.82) is 0 Å². The molecule has 0 aliphatic carbocycles. The SMILES string of the molecule is CCC(C=O)c1c(Cl)nnc(Cl)c1C. The molecule has 3 nitrogen and oxygen atoms in total. The van der Waals surface area contributed by atoms with Crippen LogP contribution in [-0.2, 0) is 4.79 Å². The molecule has 0 amide bonds. The lowest BCUT2D eigenvalue weighted by Crippen LogP contribution is -2.05. The van der Waals surface area contributed by atoms with Crippen LogP contribution in [0.5, 0.6) is 0 Å². The van der Waals surface area contributed by atoms with Gasteiger partial charge in [0.15, 0.2) is 10.3 Å². The van der Waals surface area contributed by atoms with Gasteiger partial charge >= 0.3 is 0 Å². The number of nitrogens with zero attached hydrogens (tertiary/aromatic N) is 2. The third-order valence-corrected chi connectivity index (χ3v) is 2.77. The Morgan fingerprint density at radius 1 is 1.36 bits per heavy atom. The topological polar surface area (TPSA) is 42.9 Å². The van der Waals surface area contributed by atoms with E-state index in [1.807, 2.05) is 6.92 Å². The number of aldehydes is 1. The van der Waals surface area contributed by atoms with Gasteiger partial charge in [-0.1, -0.05) is 30.1 Å². The minimum Gasteiger partial charge on any atom is -0.303 e. The maximum Gasteiger partial charge on any atom is 0.155 e. The van der Waals surface area contributed by atoms with Crippen molar-refractivity contribution in [2.75, 3.05) is 0 Å². The second kappa shape index (κ2) is 4.71. The fraction of sp³-hybridized carbons (Fsp3) is 0.444. The second-order valence-corrected chi connectivity index (χ2v) is 3.69. The van der Waals surface area contributed by atoms with Crippen LogP contribution < -0.4 is 0 Å². The van der Waals surface area contributed by atoms with E-state index < -0.39 is 0 Å². The number of halogens is 2. The lowest BCUT2D eigenvalue weighted by Gasteiger charge is -2.12. The van der Waals surface area contributed by atoms with Crippen molar-refractivity contribution >= 4 is 29.5 Å². The van der Waals surface area contributed by atoms with Gasteiger partial charge in [-0.05, 0) is 18.9 Å². The number of hydrogen-bond acceptors (Lipinski definition) is 3. The summed E-state index contributed by atoms with van der Waals surface area (Å²) in [6.07, 6.45) is 1.53. The van der Waals surface area contributed by atoms with Crippen LogP contribution in [0, 0.1) is 6.92 Å². The quantitative estimate of drug-likeness (QED) is 0.754. The summed E-state index contributed by atoms with van der Waals surface area (Å²) in [5, 5.41) is 7.89. The smallest absolute Gasteiger partial charge is 0.155 e. The molecule has 0 spiro atoms. The van der Waals surface area contributed by atoms with Crippen molar-refractivity contribution < 1.29 is 4.79 Å². The van der Waals surface area contributed by atoms with E-state index in [0.717, 1.165) is 11.8 Å². The molecule has 5 heteroatoms. The molecule has 0 aromatic carbocycles. The van der Waals surface area contributed by atoms with Crippen LogP contribution in [-0.4, -0.2) is 16.5 Å². The predicted molar refractivity (Wildman–Crippen MR) is 55.9 cm³/mol. The molecule has 0 saturated heterocycles. The normalized spacial score (nSPS) is 12.6. The Balaban J connectivity index is 3.30. The summed E-state index contributed by atoms with van der Waals surface area (Å²) in [5.74, 6) is -0.254. The summed E-state index contributed by atoms with van der Waals surface area (Å²) in [7, 11) is 0. The molecule has 1 unspecified atom stereocenters. The van der Waals surface area contributed by atoms with E-state index in [0.29, 0.717) is 17.1 Å². The van der Waals surface area contributed by atoms with E-state index in [4.69, 9.17) is 23.2 Å². The van der Waals surface area contributed by atoms with Crippen molar-refractivity contribution in [2.24, 2.45) is 0 Å². The first kappa shape index (κ1) is 11.4. The molecule has 76 valence electrons. The maximum atomic E-state index is 10.8. The highest BCUT2D eigenvalue weighted by atomic mass is 35.5. The number of carbonyl (C=O) groups excluding carboxylic acids is 1. The van der Waals surface area contributed by atoms with Gasteiger partial charge < -0.3 is 4.79 Å². The van der Waals surface area contributed by atoms with E-state index in [2.05, 4.69) is 10.2 Å². The van der Waals surface area contributed by atoms with Crippen LogP contribution in [0.15, 0.2) is 0 Å². The van der Waals surface area contributed by atoms with Gasteiger partial charge in [0.25, 0.3) is 0 Å². The molecule has 1 atom stereocenters. The van der Waals surface area contributed by atoms with Gasteiger partial charge in [0.05, 0.1) is 0 Å². The van der Waals surface area contributed by atoms with Crippen molar-refractivity contribution in [2.45, 2.75) is 26.2 Å². The largest absolute Gasteiger partial charge is 0.303 e. The Hall–Kier alpha value is -0.670. The molecule has 0 saturated carbocycles. The third-order valence-electron chi connectivity index (χ3n) is 2.14. The van der Waals surface area contributed by atoms with Crippen molar-refractivity contribution in [1.82, 2.24) is 10.2 Å². The van der Waals surface area contributed by atoms with E-state index in [9.17, 15) is 4.79 Å². The average molecular weight is 233 g/mol. The minimum absolute atomic E-state index is 0.254. The Labute approximate surface area is 92.4 Å². The monoisotopic (exact) mass is 232 g/mol. The van der Waals surface area contributed by atoms with Crippen LogP contribution in [0.2, 0.25) is 10.3 Å². The molecule has 0 bridgehead atoms. The standard InChI is InChI=1S/C9H10Cl2N2O/c1-3-6(4-14)7-5(2)8(10)12-13-9(7)11/h4,6H,3H2,1-2H3. The molecule has 1 heterocycles. The molecule has 1 rings (SSSR count). The summed E-state index contributed by atoms with van der Waals surface area (Å²) in [4.78, 5) is 10.8. The summed E-state index contributed by atoms with van der Waals surface area (Å²) in [6, 6.07) is 0. The Morgan fingerprint density at radius 2 is 1.93 bits per heavy atom. The number of aromatic nitrogens is 2. The highest BCUT2D eigenvalue weighted by molar-refractivity contribution is 6.32. The summed E-state index contributed by atoms with van der Waals surface area (Å²) in [6.45, 7) is 3.69. The van der Waals surface area contributed by atoms with Crippen LogP contribution in [0.25, 0.3) is 0 Å². The lowest BCUT2D eigenvalue weighted by molar-refractivity contribution is -0.109. The van der Waals surface area contributed by atoms with Crippen molar-refractivity contribution in [3.05, 3.63) is 21.4 Å². The van der Waals surface area contributed by atoms with Gasteiger partial charge in [-0.15, -0.1) is 10.2 Å². The molecule has 0 aliphatic rings. The molecule has 0 fully saturated rings. The zero-order valence-electron chi connectivity index (χ0n) is 7.92. The first-order valence-corrected chi connectivity index (χ1v) is 5.00. The molecule has 14 heavy (non-hydrogen) atoms. The van der Waals surface area contributed by atoms with E-state index >= 15 is 0 Å². The zero-order chi connectivity index (χ0) is 10.7. The fourth-order valence-electron chi connectivity index (χ4n) is 1.28. The highest BCUT2D eigenvalue weighted by Crippen LogP contribution is 2.29. The van der Waals surface area contributed by atoms with Gasteiger partial charge in [0.1, 0.15) is 6.29 Å². The van der Waals surface area contributed by atoms with E-state index in [-0.39, 0.29) is 11.1 Å². The molecule has 0 N–H and O–H groups in total. The molecule has 1 aromatic heterocycles. The fourth-order valence-corrected chi connectivity index (χ4v) is 1.74. The zero-order valence-corrected chi connectivity index (χ0v) is 9.43. The van der Waals surface area contributed by atoms with Crippen molar-refractivity contribution in [3.8, 4) is 0 Å². The van der Waals surface area contributed by atoms with Gasteiger partial charge in [-0.3, -0.25) is 0 Å². The van der Waals surface area contributed by atoms with Crippen LogP contribution in [0.3, 0.4) is 0 Å². The Kier molecular flexibility index (Phi) is 3.84. The lowest BCUT2D eigenvalue weighted by atomic mass is 9.97. The van der Waals surface area contributed by atoms with Crippen LogP contribution in [0.1, 0.15) is 30.4 Å². The first-order valence-electron chi connectivity index (χ1n) is 4.25. The third kappa shape index (κ3) is 2.04. The Bertz CT molecular complexity index is 355. The number of carbonyl (C=O) groups is 1. The first-order chi connectivity index (χ1) is 6.61. The number of rotatable bonds is 3. The minimum atomic E-state index is -0.254. The van der Waals surface area contributed by atoms with Gasteiger partial charge in [0, 0.05) is 11.5 Å². The van der Waals surface area contributed by atoms with Crippen LogP contribution >= 0.6 is 23.2 Å². The molecule has 1 aromatic rings.